The number of phenolic OH excluding ortho intramolecular Hbond substituents is 1. The normalized spacial score (nSPS) is 13.3. The van der Waals surface area contributed by atoms with Gasteiger partial charge in [-0.15, -0.1) is 0 Å². The van der Waals surface area contributed by atoms with Crippen LogP contribution in [-0.4, -0.2) is 32.0 Å². The molecule has 5 nitrogen and oxygen atoms in total. The Morgan fingerprint density at radius 3 is 2.69 bits per heavy atom. The Balaban J connectivity index is 1.75. The molecule has 0 spiro atoms. The molecule has 8 heteroatoms. The van der Waals surface area contributed by atoms with E-state index in [1.54, 1.807) is 11.1 Å². The highest BCUT2D eigenvalue weighted by atomic mass is 35.5. The summed E-state index contributed by atoms with van der Waals surface area (Å²) in [4.78, 5) is 17.8. The van der Waals surface area contributed by atoms with E-state index in [9.17, 15) is 18.7 Å². The first kappa shape index (κ1) is 19.1. The minimum absolute atomic E-state index is 0.0322. The second-order valence-corrected chi connectivity index (χ2v) is 7.03. The smallest absolute Gasteiger partial charge is 0.246 e. The van der Waals surface area contributed by atoms with E-state index in [1.165, 1.54) is 30.3 Å². The molecule has 1 aromatic heterocycles. The van der Waals surface area contributed by atoms with E-state index < -0.39 is 17.4 Å². The average Bonchev–Trinajstić information content (AvgIpc) is 3.12. The Labute approximate surface area is 170 Å². The van der Waals surface area contributed by atoms with Crippen molar-refractivity contribution in [2.75, 3.05) is 6.54 Å². The molecule has 0 saturated carbocycles. The Kier molecular flexibility index (Phi) is 4.84. The van der Waals surface area contributed by atoms with Crippen LogP contribution in [0.3, 0.4) is 0 Å². The van der Waals surface area contributed by atoms with Crippen molar-refractivity contribution < 1.29 is 18.7 Å². The predicted octanol–water partition coefficient (Wildman–Crippen LogP) is 4.38. The van der Waals surface area contributed by atoms with Crippen LogP contribution in [0.5, 0.6) is 5.75 Å². The highest BCUT2D eigenvalue weighted by molar-refractivity contribution is 6.33. The topological polar surface area (TPSA) is 58.4 Å². The number of nitrogens with zero attached hydrogens (tertiary/aromatic N) is 3. The van der Waals surface area contributed by atoms with Gasteiger partial charge in [0.1, 0.15) is 23.2 Å². The van der Waals surface area contributed by atoms with Crippen molar-refractivity contribution in [3.63, 3.8) is 0 Å². The van der Waals surface area contributed by atoms with Crippen LogP contribution in [0.4, 0.5) is 8.78 Å². The zero-order valence-corrected chi connectivity index (χ0v) is 16.0. The third-order valence-corrected chi connectivity index (χ3v) is 5.23. The summed E-state index contributed by atoms with van der Waals surface area (Å²) in [6.45, 7) is 4.77. The van der Waals surface area contributed by atoms with Gasteiger partial charge in [0.2, 0.25) is 5.91 Å². The van der Waals surface area contributed by atoms with E-state index >= 15 is 0 Å². The van der Waals surface area contributed by atoms with Gasteiger partial charge in [-0.2, -0.15) is 0 Å². The molecule has 1 amide bonds. The Bertz CT molecular complexity index is 1100. The zero-order chi connectivity index (χ0) is 20.7. The molecular weight excluding hydrogens is 400 g/mol. The minimum atomic E-state index is -0.771. The molecule has 3 aromatic rings. The van der Waals surface area contributed by atoms with Crippen molar-refractivity contribution in [3.8, 4) is 28.1 Å². The molecular formula is C21H16ClF2N3O2. The lowest BCUT2D eigenvalue weighted by Crippen LogP contribution is -2.37. The second-order valence-electron chi connectivity index (χ2n) is 6.62. The number of hydrogen-bond donors (Lipinski definition) is 1. The molecule has 0 aliphatic carbocycles. The van der Waals surface area contributed by atoms with E-state index in [1.807, 2.05) is 4.57 Å². The molecule has 2 heterocycles. The third kappa shape index (κ3) is 3.27. The summed E-state index contributed by atoms with van der Waals surface area (Å²) >= 11 is 6.29. The van der Waals surface area contributed by atoms with Crippen LogP contribution >= 0.6 is 11.6 Å². The van der Waals surface area contributed by atoms with Gasteiger partial charge in [0.15, 0.2) is 0 Å². The maximum atomic E-state index is 14.9. The van der Waals surface area contributed by atoms with Crippen LogP contribution in [0.25, 0.3) is 22.4 Å². The van der Waals surface area contributed by atoms with Gasteiger partial charge >= 0.3 is 0 Å². The van der Waals surface area contributed by atoms with Gasteiger partial charge in [0, 0.05) is 24.2 Å². The standard InChI is InChI=1S/C21H16ClF2N3O2/c1-2-19(29)26-6-7-27-16(10-25-18(27)11-26)12-8-13(22)20(15(24)9-12)21-14(23)4-3-5-17(21)28/h2-5,8-10,28H,1,6-7,11H2. The minimum Gasteiger partial charge on any atom is -0.507 e. The van der Waals surface area contributed by atoms with E-state index in [4.69, 9.17) is 11.6 Å². The van der Waals surface area contributed by atoms with Crippen LogP contribution in [0.1, 0.15) is 5.82 Å². The van der Waals surface area contributed by atoms with Crippen molar-refractivity contribution in [2.45, 2.75) is 13.1 Å². The summed E-state index contributed by atoms with van der Waals surface area (Å²) < 4.78 is 31.0. The first-order valence-corrected chi connectivity index (χ1v) is 9.21. The van der Waals surface area contributed by atoms with Gasteiger partial charge in [-0.25, -0.2) is 13.8 Å². The molecule has 2 aromatic carbocycles. The molecule has 1 N–H and O–H groups in total. The number of carbonyl (C=O) groups excluding carboxylic acids is 1. The molecule has 0 atom stereocenters. The van der Waals surface area contributed by atoms with E-state index in [2.05, 4.69) is 11.6 Å². The summed E-state index contributed by atoms with van der Waals surface area (Å²) in [5.41, 5.74) is 0.618. The fourth-order valence-corrected chi connectivity index (χ4v) is 3.83. The molecule has 0 fully saturated rings. The first-order chi connectivity index (χ1) is 13.9. The predicted molar refractivity (Wildman–Crippen MR) is 105 cm³/mol. The van der Waals surface area contributed by atoms with Crippen LogP contribution in [0.15, 0.2) is 49.2 Å². The lowest BCUT2D eigenvalue weighted by Gasteiger charge is -2.27. The van der Waals surface area contributed by atoms with Crippen LogP contribution < -0.4 is 0 Å². The van der Waals surface area contributed by atoms with Crippen molar-refractivity contribution in [2.24, 2.45) is 0 Å². The number of aromatic hydroxyl groups is 1. The second kappa shape index (κ2) is 7.33. The highest BCUT2D eigenvalue weighted by Crippen LogP contribution is 2.40. The molecule has 1 aliphatic rings. The van der Waals surface area contributed by atoms with Crippen LogP contribution in [-0.2, 0) is 17.9 Å². The number of hydrogen-bond acceptors (Lipinski definition) is 3. The lowest BCUT2D eigenvalue weighted by molar-refractivity contribution is -0.127. The van der Waals surface area contributed by atoms with Gasteiger partial charge in [0.25, 0.3) is 0 Å². The number of carbonyl (C=O) groups is 1. The number of imidazole rings is 1. The first-order valence-electron chi connectivity index (χ1n) is 8.83. The molecule has 148 valence electrons. The summed E-state index contributed by atoms with van der Waals surface area (Å²) in [5, 5.41) is 9.94. The Morgan fingerprint density at radius 1 is 1.21 bits per heavy atom. The monoisotopic (exact) mass is 415 g/mol. The van der Waals surface area contributed by atoms with Gasteiger partial charge in [0.05, 0.1) is 29.0 Å². The van der Waals surface area contributed by atoms with E-state index in [0.29, 0.717) is 36.7 Å². The van der Waals surface area contributed by atoms with Gasteiger partial charge in [-0.3, -0.25) is 4.79 Å². The fourth-order valence-electron chi connectivity index (χ4n) is 3.53. The van der Waals surface area contributed by atoms with E-state index in [0.717, 1.165) is 6.07 Å². The third-order valence-electron chi connectivity index (χ3n) is 4.93. The SMILES string of the molecule is C=CC(=O)N1CCn2c(-c3cc(F)c(-c4c(O)cccc4F)c(Cl)c3)cnc2C1. The molecule has 0 radical (unpaired) electrons. The number of halogens is 3. The van der Waals surface area contributed by atoms with E-state index in [-0.39, 0.29) is 22.1 Å². The average molecular weight is 416 g/mol. The molecule has 0 bridgehead atoms. The molecule has 1 aliphatic heterocycles. The number of fused-ring (bicyclic) bond motifs is 1. The van der Waals surface area contributed by atoms with Crippen LogP contribution in [0.2, 0.25) is 5.02 Å². The zero-order valence-electron chi connectivity index (χ0n) is 15.2. The van der Waals surface area contributed by atoms with Gasteiger partial charge in [-0.05, 0) is 30.3 Å². The van der Waals surface area contributed by atoms with Crippen molar-refractivity contribution in [3.05, 3.63) is 71.7 Å². The van der Waals surface area contributed by atoms with Gasteiger partial charge < -0.3 is 14.6 Å². The number of phenols is 1. The van der Waals surface area contributed by atoms with Crippen molar-refractivity contribution in [1.82, 2.24) is 14.5 Å². The van der Waals surface area contributed by atoms with Gasteiger partial charge in [-0.1, -0.05) is 24.2 Å². The molecule has 4 rings (SSSR count). The Hall–Kier alpha value is -3.19. The van der Waals surface area contributed by atoms with Crippen molar-refractivity contribution >= 4 is 17.5 Å². The van der Waals surface area contributed by atoms with Crippen LogP contribution in [0, 0.1) is 11.6 Å². The summed E-state index contributed by atoms with van der Waals surface area (Å²) in [5.74, 6) is -1.44. The number of benzene rings is 2. The summed E-state index contributed by atoms with van der Waals surface area (Å²) in [6.07, 6.45) is 2.84. The maximum Gasteiger partial charge on any atom is 0.246 e. The molecule has 29 heavy (non-hydrogen) atoms. The number of aromatic nitrogens is 2. The number of amides is 1. The highest BCUT2D eigenvalue weighted by Gasteiger charge is 2.24. The quantitative estimate of drug-likeness (QED) is 0.646. The fraction of sp³-hybridized carbons (Fsp3) is 0.143. The summed E-state index contributed by atoms with van der Waals surface area (Å²) in [7, 11) is 0. The molecule has 0 unspecified atom stereocenters. The molecule has 0 saturated heterocycles. The summed E-state index contributed by atoms with van der Waals surface area (Å²) in [6, 6.07) is 6.47. The largest absolute Gasteiger partial charge is 0.507 e. The van der Waals surface area contributed by atoms with Crippen molar-refractivity contribution in [1.29, 1.82) is 0 Å². The maximum absolute atomic E-state index is 14.9. The Morgan fingerprint density at radius 2 is 2.00 bits per heavy atom. The lowest BCUT2D eigenvalue weighted by atomic mass is 10.0. The number of rotatable bonds is 3.